The van der Waals surface area contributed by atoms with Crippen molar-refractivity contribution >= 4 is 5.69 Å². The molecule has 112 valence electrons. The SMILES string of the molecule is COc1ccc(N)cc1CN(C)CC1(N(C)C)CCC1. The molecule has 1 saturated carbocycles. The van der Waals surface area contributed by atoms with Crippen molar-refractivity contribution in [1.82, 2.24) is 9.80 Å². The Hall–Kier alpha value is -1.26. The van der Waals surface area contributed by atoms with Gasteiger partial charge in [0.15, 0.2) is 0 Å². The average Bonchev–Trinajstić information content (AvgIpc) is 2.33. The predicted octanol–water partition coefficient (Wildman–Crippen LogP) is 2.19. The number of anilines is 1. The van der Waals surface area contributed by atoms with Gasteiger partial charge in [-0.1, -0.05) is 0 Å². The van der Waals surface area contributed by atoms with Crippen LogP contribution in [0.15, 0.2) is 18.2 Å². The molecule has 1 aliphatic carbocycles. The minimum atomic E-state index is 0.350. The molecule has 0 spiro atoms. The standard InChI is InChI=1S/C16H27N3O/c1-18(2)16(8-5-9-16)12-19(3)11-13-10-14(17)6-7-15(13)20-4/h6-7,10H,5,8-9,11-12,17H2,1-4H3. The van der Waals surface area contributed by atoms with E-state index in [1.165, 1.54) is 19.3 Å². The van der Waals surface area contributed by atoms with Crippen molar-refractivity contribution in [3.05, 3.63) is 23.8 Å². The van der Waals surface area contributed by atoms with Crippen molar-refractivity contribution in [3.8, 4) is 5.75 Å². The van der Waals surface area contributed by atoms with Crippen molar-refractivity contribution in [3.63, 3.8) is 0 Å². The lowest BCUT2D eigenvalue weighted by molar-refractivity contribution is 0.0257. The van der Waals surface area contributed by atoms with Gasteiger partial charge in [-0.3, -0.25) is 0 Å². The minimum absolute atomic E-state index is 0.350. The maximum atomic E-state index is 5.89. The second-order valence-corrected chi connectivity index (χ2v) is 6.22. The first-order valence-electron chi connectivity index (χ1n) is 7.25. The third kappa shape index (κ3) is 3.07. The molecule has 1 aromatic carbocycles. The van der Waals surface area contributed by atoms with Crippen molar-refractivity contribution in [2.75, 3.05) is 40.5 Å². The maximum Gasteiger partial charge on any atom is 0.123 e. The van der Waals surface area contributed by atoms with Gasteiger partial charge in [0.1, 0.15) is 5.75 Å². The lowest BCUT2D eigenvalue weighted by Gasteiger charge is -2.49. The fraction of sp³-hybridized carbons (Fsp3) is 0.625. The van der Waals surface area contributed by atoms with E-state index in [2.05, 4.69) is 30.9 Å². The Bertz CT molecular complexity index is 455. The Morgan fingerprint density at radius 2 is 1.95 bits per heavy atom. The predicted molar refractivity (Wildman–Crippen MR) is 84.0 cm³/mol. The summed E-state index contributed by atoms with van der Waals surface area (Å²) in [5.41, 5.74) is 8.19. The first-order chi connectivity index (χ1) is 9.47. The normalized spacial score (nSPS) is 17.3. The minimum Gasteiger partial charge on any atom is -0.496 e. The van der Waals surface area contributed by atoms with E-state index in [1.54, 1.807) is 7.11 Å². The maximum absolute atomic E-state index is 5.89. The summed E-state index contributed by atoms with van der Waals surface area (Å²) in [7, 11) is 8.26. The number of likely N-dealkylation sites (N-methyl/N-ethyl adjacent to an activating group) is 2. The summed E-state index contributed by atoms with van der Waals surface area (Å²) in [6.07, 6.45) is 3.92. The molecule has 0 radical (unpaired) electrons. The summed E-state index contributed by atoms with van der Waals surface area (Å²) < 4.78 is 5.43. The van der Waals surface area contributed by atoms with Gasteiger partial charge in [0, 0.05) is 29.9 Å². The zero-order valence-corrected chi connectivity index (χ0v) is 13.1. The van der Waals surface area contributed by atoms with Crippen LogP contribution in [-0.4, -0.2) is 50.1 Å². The molecule has 0 amide bonds. The van der Waals surface area contributed by atoms with Crippen LogP contribution in [0, 0.1) is 0 Å². The number of hydrogen-bond donors (Lipinski definition) is 1. The van der Waals surface area contributed by atoms with E-state index in [0.29, 0.717) is 5.54 Å². The fourth-order valence-electron chi connectivity index (χ4n) is 3.10. The molecule has 1 aromatic rings. The second kappa shape index (κ2) is 6.02. The Morgan fingerprint density at radius 1 is 1.25 bits per heavy atom. The van der Waals surface area contributed by atoms with Gasteiger partial charge in [0.25, 0.3) is 0 Å². The highest BCUT2D eigenvalue weighted by Crippen LogP contribution is 2.37. The zero-order valence-electron chi connectivity index (χ0n) is 13.1. The summed E-state index contributed by atoms with van der Waals surface area (Å²) in [5.74, 6) is 0.915. The van der Waals surface area contributed by atoms with Gasteiger partial charge in [0.05, 0.1) is 7.11 Å². The van der Waals surface area contributed by atoms with E-state index >= 15 is 0 Å². The van der Waals surface area contributed by atoms with Gasteiger partial charge in [0.2, 0.25) is 0 Å². The molecule has 0 aromatic heterocycles. The Morgan fingerprint density at radius 3 is 2.45 bits per heavy atom. The van der Waals surface area contributed by atoms with E-state index in [1.807, 2.05) is 18.2 Å². The summed E-state index contributed by atoms with van der Waals surface area (Å²) in [4.78, 5) is 4.75. The molecule has 0 heterocycles. The fourth-order valence-corrected chi connectivity index (χ4v) is 3.10. The van der Waals surface area contributed by atoms with Crippen molar-refractivity contribution in [2.24, 2.45) is 0 Å². The highest BCUT2D eigenvalue weighted by atomic mass is 16.5. The summed E-state index contributed by atoms with van der Waals surface area (Å²) in [6.45, 7) is 1.95. The molecule has 4 heteroatoms. The number of nitrogens with zero attached hydrogens (tertiary/aromatic N) is 2. The highest BCUT2D eigenvalue weighted by molar-refractivity contribution is 5.47. The number of ether oxygens (including phenoxy) is 1. The number of nitrogen functional groups attached to an aromatic ring is 1. The van der Waals surface area contributed by atoms with Crippen LogP contribution in [0.1, 0.15) is 24.8 Å². The van der Waals surface area contributed by atoms with Gasteiger partial charge in [-0.05, 0) is 58.6 Å². The third-order valence-electron chi connectivity index (χ3n) is 4.54. The molecular formula is C16H27N3O. The number of methoxy groups -OCH3 is 1. The highest BCUT2D eigenvalue weighted by Gasteiger charge is 2.39. The molecule has 1 aliphatic rings. The Balaban J connectivity index is 2.04. The van der Waals surface area contributed by atoms with Crippen LogP contribution in [-0.2, 0) is 6.54 Å². The van der Waals surface area contributed by atoms with Gasteiger partial charge in [-0.25, -0.2) is 0 Å². The number of benzene rings is 1. The van der Waals surface area contributed by atoms with Crippen molar-refractivity contribution in [1.29, 1.82) is 0 Å². The second-order valence-electron chi connectivity index (χ2n) is 6.22. The monoisotopic (exact) mass is 277 g/mol. The van der Waals surface area contributed by atoms with Gasteiger partial charge < -0.3 is 20.3 Å². The Kier molecular flexibility index (Phi) is 4.55. The molecular weight excluding hydrogens is 250 g/mol. The van der Waals surface area contributed by atoms with E-state index < -0.39 is 0 Å². The van der Waals surface area contributed by atoms with Gasteiger partial charge >= 0.3 is 0 Å². The number of nitrogens with two attached hydrogens (primary N) is 1. The molecule has 1 fully saturated rings. The van der Waals surface area contributed by atoms with Crippen LogP contribution < -0.4 is 10.5 Å². The van der Waals surface area contributed by atoms with Gasteiger partial charge in [-0.15, -0.1) is 0 Å². The molecule has 0 unspecified atom stereocenters. The summed E-state index contributed by atoms with van der Waals surface area (Å²) in [6, 6.07) is 5.84. The topological polar surface area (TPSA) is 41.7 Å². The van der Waals surface area contributed by atoms with Crippen molar-refractivity contribution < 1.29 is 4.74 Å². The molecule has 2 rings (SSSR count). The van der Waals surface area contributed by atoms with E-state index in [-0.39, 0.29) is 0 Å². The molecule has 4 nitrogen and oxygen atoms in total. The molecule has 20 heavy (non-hydrogen) atoms. The first-order valence-corrected chi connectivity index (χ1v) is 7.25. The Labute approximate surface area is 122 Å². The van der Waals surface area contributed by atoms with Crippen LogP contribution >= 0.6 is 0 Å². The quantitative estimate of drug-likeness (QED) is 0.809. The van der Waals surface area contributed by atoms with E-state index in [9.17, 15) is 0 Å². The first kappa shape index (κ1) is 15.1. The number of rotatable bonds is 6. The number of hydrogen-bond acceptors (Lipinski definition) is 4. The smallest absolute Gasteiger partial charge is 0.123 e. The van der Waals surface area contributed by atoms with Crippen LogP contribution in [0.4, 0.5) is 5.69 Å². The third-order valence-corrected chi connectivity index (χ3v) is 4.54. The average molecular weight is 277 g/mol. The molecule has 0 atom stereocenters. The summed E-state index contributed by atoms with van der Waals surface area (Å²) >= 11 is 0. The zero-order chi connectivity index (χ0) is 14.8. The molecule has 2 N–H and O–H groups in total. The summed E-state index contributed by atoms with van der Waals surface area (Å²) in [5, 5.41) is 0. The van der Waals surface area contributed by atoms with Crippen LogP contribution in [0.25, 0.3) is 0 Å². The van der Waals surface area contributed by atoms with E-state index in [0.717, 1.165) is 30.1 Å². The molecule has 0 saturated heterocycles. The van der Waals surface area contributed by atoms with Crippen molar-refractivity contribution in [2.45, 2.75) is 31.3 Å². The lowest BCUT2D eigenvalue weighted by atomic mass is 9.75. The van der Waals surface area contributed by atoms with Gasteiger partial charge in [-0.2, -0.15) is 0 Å². The molecule has 0 aliphatic heterocycles. The molecule has 0 bridgehead atoms. The van der Waals surface area contributed by atoms with Crippen LogP contribution in [0.3, 0.4) is 0 Å². The van der Waals surface area contributed by atoms with Crippen LogP contribution in [0.2, 0.25) is 0 Å². The largest absolute Gasteiger partial charge is 0.496 e. The van der Waals surface area contributed by atoms with E-state index in [4.69, 9.17) is 10.5 Å². The van der Waals surface area contributed by atoms with Crippen LogP contribution in [0.5, 0.6) is 5.75 Å². The lowest BCUT2D eigenvalue weighted by Crippen LogP contribution is -2.56.